The van der Waals surface area contributed by atoms with Gasteiger partial charge in [0.1, 0.15) is 0 Å². The highest BCUT2D eigenvalue weighted by atomic mass is 16.5. The zero-order valence-corrected chi connectivity index (χ0v) is 9.27. The first-order chi connectivity index (χ1) is 7.70. The van der Waals surface area contributed by atoms with Crippen LogP contribution in [0.4, 0.5) is 0 Å². The van der Waals surface area contributed by atoms with Crippen molar-refractivity contribution in [3.05, 3.63) is 41.6 Å². The Morgan fingerprint density at radius 3 is 2.75 bits per heavy atom. The second-order valence-corrected chi connectivity index (χ2v) is 3.96. The van der Waals surface area contributed by atoms with E-state index in [4.69, 9.17) is 9.78 Å². The molecule has 2 aromatic rings. The van der Waals surface area contributed by atoms with Gasteiger partial charge in [0.05, 0.1) is 17.3 Å². The minimum Gasteiger partial charge on any atom is -0.356 e. The van der Waals surface area contributed by atoms with Crippen LogP contribution in [0.2, 0.25) is 0 Å². The molecule has 1 aromatic carbocycles. The molecule has 3 nitrogen and oxygen atoms in total. The van der Waals surface area contributed by atoms with Gasteiger partial charge in [-0.05, 0) is 18.1 Å². The topological polar surface area (TPSA) is 49.8 Å². The largest absolute Gasteiger partial charge is 0.356 e. The van der Waals surface area contributed by atoms with Crippen LogP contribution in [0.25, 0.3) is 11.3 Å². The van der Waals surface area contributed by atoms with Gasteiger partial charge in [-0.25, -0.2) is 0 Å². The number of rotatable bonds is 2. The van der Waals surface area contributed by atoms with Crippen LogP contribution in [0.3, 0.4) is 0 Å². The zero-order chi connectivity index (χ0) is 11.5. The number of hydrogen-bond acceptors (Lipinski definition) is 3. The van der Waals surface area contributed by atoms with Crippen molar-refractivity contribution in [2.75, 3.05) is 0 Å². The van der Waals surface area contributed by atoms with Crippen molar-refractivity contribution >= 4 is 0 Å². The number of hydrogen-bond donors (Lipinski definition) is 0. The lowest BCUT2D eigenvalue weighted by atomic mass is 10.1. The summed E-state index contributed by atoms with van der Waals surface area (Å²) in [6.07, 6.45) is 0. The van der Waals surface area contributed by atoms with Crippen molar-refractivity contribution in [3.8, 4) is 17.4 Å². The van der Waals surface area contributed by atoms with Gasteiger partial charge in [0, 0.05) is 11.6 Å². The van der Waals surface area contributed by atoms with Gasteiger partial charge in [-0.2, -0.15) is 5.26 Å². The Morgan fingerprint density at radius 2 is 2.12 bits per heavy atom. The molecule has 0 aliphatic carbocycles. The maximum absolute atomic E-state index is 8.81. The fourth-order valence-corrected chi connectivity index (χ4v) is 1.44. The van der Waals surface area contributed by atoms with Crippen molar-refractivity contribution in [3.63, 3.8) is 0 Å². The lowest BCUT2D eigenvalue weighted by Crippen LogP contribution is -1.84. The summed E-state index contributed by atoms with van der Waals surface area (Å²) in [6.45, 7) is 4.13. The highest BCUT2D eigenvalue weighted by Gasteiger charge is 2.09. The molecule has 0 unspecified atom stereocenters. The first-order valence-electron chi connectivity index (χ1n) is 5.18. The SMILES string of the molecule is CC(C)c1cc(-c2cccc(C#N)c2)on1. The Hall–Kier alpha value is -2.08. The third kappa shape index (κ3) is 1.96. The number of nitriles is 1. The predicted octanol–water partition coefficient (Wildman–Crippen LogP) is 3.34. The summed E-state index contributed by atoms with van der Waals surface area (Å²) < 4.78 is 5.25. The molecule has 0 atom stereocenters. The van der Waals surface area contributed by atoms with E-state index in [1.807, 2.05) is 18.2 Å². The number of aromatic nitrogens is 1. The van der Waals surface area contributed by atoms with Crippen molar-refractivity contribution in [1.82, 2.24) is 5.16 Å². The molecule has 2 rings (SSSR count). The molecule has 1 aromatic heterocycles. The molecule has 0 saturated heterocycles. The zero-order valence-electron chi connectivity index (χ0n) is 9.27. The minimum atomic E-state index is 0.344. The lowest BCUT2D eigenvalue weighted by molar-refractivity contribution is 0.420. The van der Waals surface area contributed by atoms with Crippen molar-refractivity contribution in [2.24, 2.45) is 0 Å². The Morgan fingerprint density at radius 1 is 1.31 bits per heavy atom. The van der Waals surface area contributed by atoms with Crippen LogP contribution in [0.5, 0.6) is 0 Å². The Balaban J connectivity index is 2.39. The summed E-state index contributed by atoms with van der Waals surface area (Å²) >= 11 is 0. The molecule has 0 aliphatic rings. The van der Waals surface area contributed by atoms with Gasteiger partial charge in [-0.15, -0.1) is 0 Å². The maximum Gasteiger partial charge on any atom is 0.167 e. The van der Waals surface area contributed by atoms with E-state index in [2.05, 4.69) is 25.1 Å². The third-order valence-corrected chi connectivity index (χ3v) is 2.40. The lowest BCUT2D eigenvalue weighted by Gasteiger charge is -1.95. The van der Waals surface area contributed by atoms with Crippen LogP contribution < -0.4 is 0 Å². The highest BCUT2D eigenvalue weighted by Crippen LogP contribution is 2.24. The quantitative estimate of drug-likeness (QED) is 0.767. The predicted molar refractivity (Wildman–Crippen MR) is 60.7 cm³/mol. The molecule has 0 aliphatic heterocycles. The molecule has 0 amide bonds. The van der Waals surface area contributed by atoms with Crippen molar-refractivity contribution < 1.29 is 4.52 Å². The monoisotopic (exact) mass is 212 g/mol. The third-order valence-electron chi connectivity index (χ3n) is 2.40. The van der Waals surface area contributed by atoms with Crippen molar-refractivity contribution in [1.29, 1.82) is 5.26 Å². The smallest absolute Gasteiger partial charge is 0.167 e. The maximum atomic E-state index is 8.81. The Labute approximate surface area is 94.3 Å². The molecule has 3 heteroatoms. The Kier molecular flexibility index (Phi) is 2.74. The average molecular weight is 212 g/mol. The van der Waals surface area contributed by atoms with E-state index in [0.717, 1.165) is 11.3 Å². The molecule has 1 heterocycles. The number of benzene rings is 1. The van der Waals surface area contributed by atoms with Gasteiger partial charge in [0.15, 0.2) is 5.76 Å². The standard InChI is InChI=1S/C13H12N2O/c1-9(2)12-7-13(16-15-12)11-5-3-4-10(6-11)8-14/h3-7,9H,1-2H3. The van der Waals surface area contributed by atoms with Crippen LogP contribution in [-0.4, -0.2) is 5.16 Å². The molecule has 0 N–H and O–H groups in total. The first-order valence-corrected chi connectivity index (χ1v) is 5.18. The molecule has 0 radical (unpaired) electrons. The Bertz CT molecular complexity index is 535. The molecule has 0 spiro atoms. The first kappa shape index (κ1) is 10.4. The van der Waals surface area contributed by atoms with Gasteiger partial charge >= 0.3 is 0 Å². The van der Waals surface area contributed by atoms with E-state index >= 15 is 0 Å². The fourth-order valence-electron chi connectivity index (χ4n) is 1.44. The summed E-state index contributed by atoms with van der Waals surface area (Å²) in [5, 5.41) is 12.8. The summed E-state index contributed by atoms with van der Waals surface area (Å²) in [6, 6.07) is 11.3. The van der Waals surface area contributed by atoms with Gasteiger partial charge < -0.3 is 4.52 Å². The summed E-state index contributed by atoms with van der Waals surface area (Å²) in [5.41, 5.74) is 2.44. The number of nitrogens with zero attached hydrogens (tertiary/aromatic N) is 2. The second-order valence-electron chi connectivity index (χ2n) is 3.96. The second kappa shape index (κ2) is 4.19. The van der Waals surface area contributed by atoms with Gasteiger partial charge in [-0.3, -0.25) is 0 Å². The molecular formula is C13H12N2O. The minimum absolute atomic E-state index is 0.344. The molecule has 16 heavy (non-hydrogen) atoms. The highest BCUT2D eigenvalue weighted by molar-refractivity contribution is 5.59. The summed E-state index contributed by atoms with van der Waals surface area (Å²) in [5.74, 6) is 1.05. The van der Waals surface area contributed by atoms with E-state index in [9.17, 15) is 0 Å². The summed E-state index contributed by atoms with van der Waals surface area (Å²) in [4.78, 5) is 0. The molecular weight excluding hydrogens is 200 g/mol. The molecule has 0 bridgehead atoms. The van der Waals surface area contributed by atoms with Crippen LogP contribution in [0.15, 0.2) is 34.9 Å². The van der Waals surface area contributed by atoms with Gasteiger partial charge in [-0.1, -0.05) is 31.1 Å². The van der Waals surface area contributed by atoms with Gasteiger partial charge in [0.2, 0.25) is 0 Å². The average Bonchev–Trinajstić information content (AvgIpc) is 2.78. The fraction of sp³-hybridized carbons (Fsp3) is 0.231. The summed E-state index contributed by atoms with van der Waals surface area (Å²) in [7, 11) is 0. The van der Waals surface area contributed by atoms with Gasteiger partial charge in [0.25, 0.3) is 0 Å². The molecule has 0 fully saturated rings. The molecule has 0 saturated carbocycles. The van der Waals surface area contributed by atoms with Crippen LogP contribution in [-0.2, 0) is 0 Å². The van der Waals surface area contributed by atoms with E-state index in [1.54, 1.807) is 12.1 Å². The van der Waals surface area contributed by atoms with E-state index in [-0.39, 0.29) is 0 Å². The molecule has 80 valence electrons. The van der Waals surface area contributed by atoms with Crippen molar-refractivity contribution in [2.45, 2.75) is 19.8 Å². The van der Waals surface area contributed by atoms with Crippen LogP contribution in [0, 0.1) is 11.3 Å². The van der Waals surface area contributed by atoms with E-state index < -0.39 is 0 Å². The van der Waals surface area contributed by atoms with Crippen LogP contribution in [0.1, 0.15) is 31.0 Å². The normalized spacial score (nSPS) is 10.4. The van der Waals surface area contributed by atoms with Crippen LogP contribution >= 0.6 is 0 Å². The van der Waals surface area contributed by atoms with E-state index in [0.29, 0.717) is 17.2 Å². The van der Waals surface area contributed by atoms with E-state index in [1.165, 1.54) is 0 Å².